The van der Waals surface area contributed by atoms with E-state index >= 15 is 0 Å². The minimum absolute atomic E-state index is 0.0305. The number of hydrogen-bond acceptors (Lipinski definition) is 4. The van der Waals surface area contributed by atoms with E-state index in [1.807, 2.05) is 0 Å². The van der Waals surface area contributed by atoms with E-state index in [9.17, 15) is 22.8 Å². The fourth-order valence-electron chi connectivity index (χ4n) is 3.68. The van der Waals surface area contributed by atoms with Crippen LogP contribution in [0.25, 0.3) is 32.9 Å². The number of pyridine rings is 2. The van der Waals surface area contributed by atoms with Crippen LogP contribution in [0.2, 0.25) is 0 Å². The average Bonchev–Trinajstić information content (AvgIpc) is 3.47. The fourth-order valence-corrected chi connectivity index (χ4v) is 3.68. The van der Waals surface area contributed by atoms with Gasteiger partial charge in [-0.2, -0.15) is 18.3 Å². The second-order valence-corrected chi connectivity index (χ2v) is 7.56. The first kappa shape index (κ1) is 19.3. The molecule has 1 fully saturated rings. The summed E-state index contributed by atoms with van der Waals surface area (Å²) in [7, 11) is 0. The van der Waals surface area contributed by atoms with Crippen LogP contribution in [-0.4, -0.2) is 31.8 Å². The van der Waals surface area contributed by atoms with Crippen molar-refractivity contribution in [2.45, 2.75) is 25.6 Å². The zero-order valence-corrected chi connectivity index (χ0v) is 16.0. The van der Waals surface area contributed by atoms with Gasteiger partial charge < -0.3 is 5.32 Å². The number of benzene rings is 1. The van der Waals surface area contributed by atoms with Crippen molar-refractivity contribution in [3.63, 3.8) is 0 Å². The van der Waals surface area contributed by atoms with Crippen LogP contribution in [0.3, 0.4) is 0 Å². The second kappa shape index (κ2) is 6.93. The summed E-state index contributed by atoms with van der Waals surface area (Å²) in [6.45, 7) is -1.43. The third kappa shape index (κ3) is 3.54. The zero-order chi connectivity index (χ0) is 21.8. The van der Waals surface area contributed by atoms with Gasteiger partial charge in [0.1, 0.15) is 12.4 Å². The monoisotopic (exact) mass is 427 g/mol. The summed E-state index contributed by atoms with van der Waals surface area (Å²) in [6.07, 6.45) is -0.172. The molecule has 158 valence electrons. The topological polar surface area (TPSA) is 92.7 Å². The number of anilines is 1. The highest BCUT2D eigenvalue weighted by Gasteiger charge is 2.31. The largest absolute Gasteiger partial charge is 0.406 e. The molecule has 5 rings (SSSR count). The lowest BCUT2D eigenvalue weighted by Gasteiger charge is -2.15. The molecule has 3 heterocycles. The van der Waals surface area contributed by atoms with Gasteiger partial charge in [-0.05, 0) is 36.6 Å². The van der Waals surface area contributed by atoms with Gasteiger partial charge in [-0.25, -0.2) is 4.98 Å². The number of alkyl halides is 3. The minimum atomic E-state index is -4.58. The average molecular weight is 427 g/mol. The summed E-state index contributed by atoms with van der Waals surface area (Å²) in [6, 6.07) is 8.25. The highest BCUT2D eigenvalue weighted by molar-refractivity contribution is 6.05. The van der Waals surface area contributed by atoms with Gasteiger partial charge in [-0.3, -0.25) is 19.3 Å². The van der Waals surface area contributed by atoms with Gasteiger partial charge in [0.25, 0.3) is 5.56 Å². The van der Waals surface area contributed by atoms with E-state index in [0.29, 0.717) is 32.4 Å². The van der Waals surface area contributed by atoms with Crippen LogP contribution in [0.4, 0.5) is 19.0 Å². The standard InChI is InChI=1S/C21H16F3N5O2/c22-21(23,24)10-29-16-8-12(5-6-14(16)17-15(20(29)31)9-26-28-17)13-2-1-7-25-18(13)27-19(30)11-3-4-11/h1-2,5-9,11H,3-4,10H2,(H,26,28)(H,25,27,30). The molecule has 0 radical (unpaired) electrons. The minimum Gasteiger partial charge on any atom is -0.310 e. The van der Waals surface area contributed by atoms with Crippen molar-refractivity contribution in [1.82, 2.24) is 19.7 Å². The Hall–Kier alpha value is -3.69. The van der Waals surface area contributed by atoms with Gasteiger partial charge in [-0.15, -0.1) is 0 Å². The molecule has 3 aromatic heterocycles. The first-order valence-electron chi connectivity index (χ1n) is 9.64. The van der Waals surface area contributed by atoms with Gasteiger partial charge in [0.15, 0.2) is 0 Å². The van der Waals surface area contributed by atoms with E-state index in [2.05, 4.69) is 20.5 Å². The van der Waals surface area contributed by atoms with Crippen LogP contribution in [-0.2, 0) is 11.3 Å². The van der Waals surface area contributed by atoms with Gasteiger partial charge in [-0.1, -0.05) is 12.1 Å². The number of carbonyl (C=O) groups excluding carboxylic acids is 1. The summed E-state index contributed by atoms with van der Waals surface area (Å²) < 4.78 is 40.4. The Morgan fingerprint density at radius 1 is 1.23 bits per heavy atom. The Morgan fingerprint density at radius 2 is 2.03 bits per heavy atom. The van der Waals surface area contributed by atoms with Crippen LogP contribution in [0, 0.1) is 5.92 Å². The van der Waals surface area contributed by atoms with E-state index in [1.165, 1.54) is 18.5 Å². The van der Waals surface area contributed by atoms with Crippen LogP contribution >= 0.6 is 0 Å². The maximum atomic E-state index is 13.2. The number of nitrogens with zero attached hydrogens (tertiary/aromatic N) is 3. The van der Waals surface area contributed by atoms with Gasteiger partial charge >= 0.3 is 6.18 Å². The second-order valence-electron chi connectivity index (χ2n) is 7.56. The summed E-state index contributed by atoms with van der Waals surface area (Å²) >= 11 is 0. The Kier molecular flexibility index (Phi) is 4.31. The molecule has 4 aromatic rings. The molecule has 7 nitrogen and oxygen atoms in total. The summed E-state index contributed by atoms with van der Waals surface area (Å²) in [4.78, 5) is 29.2. The number of H-pyrrole nitrogens is 1. The van der Waals surface area contributed by atoms with E-state index < -0.39 is 18.3 Å². The number of rotatable bonds is 4. The van der Waals surface area contributed by atoms with Crippen LogP contribution < -0.4 is 10.9 Å². The molecule has 0 spiro atoms. The number of aromatic amines is 1. The highest BCUT2D eigenvalue weighted by Crippen LogP contribution is 2.34. The molecule has 0 aliphatic heterocycles. The zero-order valence-electron chi connectivity index (χ0n) is 16.0. The first-order valence-corrected chi connectivity index (χ1v) is 9.64. The number of nitrogens with one attached hydrogen (secondary N) is 2. The predicted octanol–water partition coefficient (Wildman–Crippen LogP) is 3.85. The number of fused-ring (bicyclic) bond motifs is 3. The third-order valence-corrected chi connectivity index (χ3v) is 5.32. The number of hydrogen-bond donors (Lipinski definition) is 2. The molecule has 0 saturated heterocycles. The van der Waals surface area contributed by atoms with Gasteiger partial charge in [0.05, 0.1) is 22.6 Å². The smallest absolute Gasteiger partial charge is 0.310 e. The van der Waals surface area contributed by atoms with E-state index in [4.69, 9.17) is 0 Å². The Labute approximate surface area is 172 Å². The van der Waals surface area contributed by atoms with Gasteiger partial charge in [0, 0.05) is 23.1 Å². The van der Waals surface area contributed by atoms with E-state index in [-0.39, 0.29) is 22.7 Å². The SMILES string of the molecule is O=C(Nc1ncccc1-c1ccc2c3[nH]ncc3c(=O)n(CC(F)(F)F)c2c1)C1CC1. The van der Waals surface area contributed by atoms with Gasteiger partial charge in [0.2, 0.25) is 5.91 Å². The van der Waals surface area contributed by atoms with Crippen molar-refractivity contribution in [3.8, 4) is 11.1 Å². The molecule has 31 heavy (non-hydrogen) atoms. The third-order valence-electron chi connectivity index (χ3n) is 5.32. The molecular weight excluding hydrogens is 411 g/mol. The maximum absolute atomic E-state index is 13.2. The van der Waals surface area contributed by atoms with Crippen molar-refractivity contribution in [2.24, 2.45) is 5.92 Å². The summed E-state index contributed by atoms with van der Waals surface area (Å²) in [5.74, 6) is 0.164. The highest BCUT2D eigenvalue weighted by atomic mass is 19.4. The molecular formula is C21H16F3N5O2. The summed E-state index contributed by atoms with van der Waals surface area (Å²) in [5.41, 5.74) is 0.785. The number of amides is 1. The molecule has 2 N–H and O–H groups in total. The van der Waals surface area contributed by atoms with Crippen molar-refractivity contribution >= 4 is 33.5 Å². The first-order chi connectivity index (χ1) is 14.8. The predicted molar refractivity (Wildman–Crippen MR) is 108 cm³/mol. The maximum Gasteiger partial charge on any atom is 0.406 e. The molecule has 1 saturated carbocycles. The van der Waals surface area contributed by atoms with E-state index in [0.717, 1.165) is 12.8 Å². The van der Waals surface area contributed by atoms with Crippen molar-refractivity contribution < 1.29 is 18.0 Å². The molecule has 0 atom stereocenters. The fraction of sp³-hybridized carbons (Fsp3) is 0.238. The molecule has 0 unspecified atom stereocenters. The van der Waals surface area contributed by atoms with Crippen LogP contribution in [0.15, 0.2) is 47.5 Å². The van der Waals surface area contributed by atoms with Crippen molar-refractivity contribution in [3.05, 3.63) is 53.1 Å². The lowest BCUT2D eigenvalue weighted by Crippen LogP contribution is -2.28. The molecule has 0 bridgehead atoms. The van der Waals surface area contributed by atoms with E-state index in [1.54, 1.807) is 24.3 Å². The number of halogens is 3. The number of carbonyl (C=O) groups is 1. The van der Waals surface area contributed by atoms with Crippen molar-refractivity contribution in [2.75, 3.05) is 5.32 Å². The number of aromatic nitrogens is 4. The van der Waals surface area contributed by atoms with Crippen LogP contribution in [0.1, 0.15) is 12.8 Å². The Morgan fingerprint density at radius 3 is 2.77 bits per heavy atom. The Balaban J connectivity index is 1.70. The normalized spacial score (nSPS) is 14.3. The molecule has 1 aliphatic carbocycles. The van der Waals surface area contributed by atoms with Crippen LogP contribution in [0.5, 0.6) is 0 Å². The quantitative estimate of drug-likeness (QED) is 0.518. The Bertz CT molecular complexity index is 1390. The lowest BCUT2D eigenvalue weighted by atomic mass is 10.0. The molecule has 1 aromatic carbocycles. The summed E-state index contributed by atoms with van der Waals surface area (Å²) in [5, 5.41) is 9.84. The lowest BCUT2D eigenvalue weighted by molar-refractivity contribution is -0.140. The molecule has 10 heteroatoms. The molecule has 1 aliphatic rings. The van der Waals surface area contributed by atoms with Crippen molar-refractivity contribution in [1.29, 1.82) is 0 Å². The molecule has 1 amide bonds.